The van der Waals surface area contributed by atoms with Gasteiger partial charge in [-0.05, 0) is 36.5 Å². The van der Waals surface area contributed by atoms with Gasteiger partial charge in [0.1, 0.15) is 0 Å². The van der Waals surface area contributed by atoms with E-state index in [1.807, 2.05) is 6.92 Å². The van der Waals surface area contributed by atoms with E-state index in [1.165, 1.54) is 0 Å². The summed E-state index contributed by atoms with van der Waals surface area (Å²) in [7, 11) is -3.20. The Morgan fingerprint density at radius 1 is 1.28 bits per heavy atom. The van der Waals surface area contributed by atoms with Gasteiger partial charge in [-0.2, -0.15) is 0 Å². The van der Waals surface area contributed by atoms with E-state index in [-0.39, 0.29) is 5.75 Å². The fourth-order valence-electron chi connectivity index (χ4n) is 1.94. The Balaban J connectivity index is 2.06. The number of rotatable bonds is 6. The maximum absolute atomic E-state index is 12.3. The molecular formula is C13H20N2O2S. The van der Waals surface area contributed by atoms with Gasteiger partial charge < -0.3 is 5.73 Å². The zero-order valence-electron chi connectivity index (χ0n) is 10.7. The Morgan fingerprint density at radius 3 is 2.39 bits per heavy atom. The maximum Gasteiger partial charge on any atom is 0.218 e. The lowest BCUT2D eigenvalue weighted by Gasteiger charge is -2.20. The lowest BCUT2D eigenvalue weighted by Crippen LogP contribution is -2.33. The molecule has 0 amide bonds. The average molecular weight is 268 g/mol. The van der Waals surface area contributed by atoms with Crippen molar-refractivity contribution in [3.8, 4) is 0 Å². The first-order valence-electron chi connectivity index (χ1n) is 6.33. The van der Waals surface area contributed by atoms with Crippen LogP contribution in [-0.2, 0) is 15.8 Å². The lowest BCUT2D eigenvalue weighted by molar-refractivity contribution is 0.411. The van der Waals surface area contributed by atoms with Crippen LogP contribution in [0.1, 0.15) is 25.3 Å². The third-order valence-corrected chi connectivity index (χ3v) is 5.13. The largest absolute Gasteiger partial charge is 0.399 e. The van der Waals surface area contributed by atoms with Crippen LogP contribution in [0.25, 0.3) is 0 Å². The number of nitrogens with two attached hydrogens (primary N) is 1. The fourth-order valence-corrected chi connectivity index (χ4v) is 3.57. The Hall–Kier alpha value is -1.07. The zero-order valence-corrected chi connectivity index (χ0v) is 11.5. The molecule has 0 spiro atoms. The first-order chi connectivity index (χ1) is 8.51. The lowest BCUT2D eigenvalue weighted by atomic mass is 10.2. The third-order valence-electron chi connectivity index (χ3n) is 3.23. The molecule has 5 heteroatoms. The van der Waals surface area contributed by atoms with Crippen LogP contribution in [0.15, 0.2) is 24.3 Å². The predicted octanol–water partition coefficient (Wildman–Crippen LogP) is 1.83. The first-order valence-corrected chi connectivity index (χ1v) is 7.94. The number of anilines is 1. The standard InChI is InChI=1S/C13H20N2O2S/c1-2-15(9-11-3-4-11)18(16,17)10-12-5-7-13(14)8-6-12/h5-8,11H,2-4,9-10,14H2,1H3. The van der Waals surface area contributed by atoms with Gasteiger partial charge in [-0.25, -0.2) is 12.7 Å². The molecule has 0 bridgehead atoms. The molecule has 0 aliphatic heterocycles. The van der Waals surface area contributed by atoms with Gasteiger partial charge in [-0.15, -0.1) is 0 Å². The van der Waals surface area contributed by atoms with Crippen LogP contribution in [0.5, 0.6) is 0 Å². The fraction of sp³-hybridized carbons (Fsp3) is 0.538. The molecule has 1 fully saturated rings. The predicted molar refractivity (Wildman–Crippen MR) is 73.4 cm³/mol. The van der Waals surface area contributed by atoms with Gasteiger partial charge in [0, 0.05) is 18.8 Å². The van der Waals surface area contributed by atoms with Gasteiger partial charge in [0.15, 0.2) is 0 Å². The minimum absolute atomic E-state index is 0.0633. The molecule has 1 aliphatic rings. The van der Waals surface area contributed by atoms with Crippen molar-refractivity contribution in [2.45, 2.75) is 25.5 Å². The second kappa shape index (κ2) is 5.28. The molecule has 18 heavy (non-hydrogen) atoms. The normalized spacial score (nSPS) is 16.1. The molecule has 2 rings (SSSR count). The topological polar surface area (TPSA) is 63.4 Å². The Kier molecular flexibility index (Phi) is 3.92. The second-order valence-electron chi connectivity index (χ2n) is 4.89. The maximum atomic E-state index is 12.3. The SMILES string of the molecule is CCN(CC1CC1)S(=O)(=O)Cc1ccc(N)cc1. The van der Waals surface area contributed by atoms with Crippen LogP contribution in [0.3, 0.4) is 0 Å². The van der Waals surface area contributed by atoms with Gasteiger partial charge in [0.2, 0.25) is 10.0 Å². The monoisotopic (exact) mass is 268 g/mol. The van der Waals surface area contributed by atoms with Gasteiger partial charge in [-0.3, -0.25) is 0 Å². The molecule has 0 heterocycles. The molecule has 4 nitrogen and oxygen atoms in total. The van der Waals surface area contributed by atoms with Crippen LogP contribution < -0.4 is 5.73 Å². The molecule has 0 unspecified atom stereocenters. The molecule has 0 aromatic heterocycles. The number of hydrogen-bond acceptors (Lipinski definition) is 3. The highest BCUT2D eigenvalue weighted by atomic mass is 32.2. The summed E-state index contributed by atoms with van der Waals surface area (Å²) in [4.78, 5) is 0. The van der Waals surface area contributed by atoms with Crippen LogP contribution in [0, 0.1) is 5.92 Å². The van der Waals surface area contributed by atoms with E-state index in [4.69, 9.17) is 5.73 Å². The van der Waals surface area contributed by atoms with E-state index in [0.29, 0.717) is 24.7 Å². The van der Waals surface area contributed by atoms with Gasteiger partial charge >= 0.3 is 0 Å². The summed E-state index contributed by atoms with van der Waals surface area (Å²) >= 11 is 0. The summed E-state index contributed by atoms with van der Waals surface area (Å²) in [5.74, 6) is 0.638. The van der Waals surface area contributed by atoms with Crippen molar-refractivity contribution in [1.29, 1.82) is 0 Å². The zero-order chi connectivity index (χ0) is 13.2. The molecule has 0 atom stereocenters. The molecule has 0 saturated heterocycles. The third kappa shape index (κ3) is 3.46. The highest BCUT2D eigenvalue weighted by Crippen LogP contribution is 2.30. The Morgan fingerprint density at radius 2 is 1.89 bits per heavy atom. The molecule has 2 N–H and O–H groups in total. The molecule has 0 radical (unpaired) electrons. The van der Waals surface area contributed by atoms with E-state index in [1.54, 1.807) is 28.6 Å². The molecular weight excluding hydrogens is 248 g/mol. The van der Waals surface area contributed by atoms with E-state index in [0.717, 1.165) is 18.4 Å². The number of nitrogens with zero attached hydrogens (tertiary/aromatic N) is 1. The van der Waals surface area contributed by atoms with E-state index >= 15 is 0 Å². The number of hydrogen-bond donors (Lipinski definition) is 1. The average Bonchev–Trinajstić information content (AvgIpc) is 3.12. The molecule has 1 aromatic rings. The van der Waals surface area contributed by atoms with Crippen molar-refractivity contribution in [1.82, 2.24) is 4.31 Å². The minimum Gasteiger partial charge on any atom is -0.399 e. The summed E-state index contributed by atoms with van der Waals surface area (Å²) in [6.45, 7) is 3.12. The van der Waals surface area contributed by atoms with Gasteiger partial charge in [0.25, 0.3) is 0 Å². The minimum atomic E-state index is -3.20. The molecule has 1 aliphatic carbocycles. The van der Waals surface area contributed by atoms with Crippen molar-refractivity contribution < 1.29 is 8.42 Å². The highest BCUT2D eigenvalue weighted by Gasteiger charge is 2.29. The van der Waals surface area contributed by atoms with E-state index < -0.39 is 10.0 Å². The molecule has 100 valence electrons. The van der Waals surface area contributed by atoms with Crippen LogP contribution in [0.2, 0.25) is 0 Å². The smallest absolute Gasteiger partial charge is 0.218 e. The first kappa shape index (κ1) is 13.4. The van der Waals surface area contributed by atoms with Crippen LogP contribution in [0.4, 0.5) is 5.69 Å². The van der Waals surface area contributed by atoms with Crippen LogP contribution in [-0.4, -0.2) is 25.8 Å². The van der Waals surface area contributed by atoms with Gasteiger partial charge in [0.05, 0.1) is 5.75 Å². The Labute approximate surface area is 109 Å². The van der Waals surface area contributed by atoms with E-state index in [2.05, 4.69) is 0 Å². The summed E-state index contributed by atoms with van der Waals surface area (Å²) in [6.07, 6.45) is 2.32. The summed E-state index contributed by atoms with van der Waals surface area (Å²) < 4.78 is 26.1. The second-order valence-corrected chi connectivity index (χ2v) is 6.86. The van der Waals surface area contributed by atoms with Crippen LogP contribution >= 0.6 is 0 Å². The van der Waals surface area contributed by atoms with E-state index in [9.17, 15) is 8.42 Å². The van der Waals surface area contributed by atoms with Crippen molar-refractivity contribution in [2.75, 3.05) is 18.8 Å². The quantitative estimate of drug-likeness (QED) is 0.801. The molecule has 1 saturated carbocycles. The van der Waals surface area contributed by atoms with Crippen molar-refractivity contribution >= 4 is 15.7 Å². The van der Waals surface area contributed by atoms with Crippen molar-refractivity contribution in [2.24, 2.45) is 5.92 Å². The number of nitrogen functional groups attached to an aromatic ring is 1. The Bertz CT molecular complexity index is 492. The summed E-state index contributed by atoms with van der Waals surface area (Å²) in [5, 5.41) is 0. The summed E-state index contributed by atoms with van der Waals surface area (Å²) in [6, 6.07) is 7.03. The number of sulfonamides is 1. The van der Waals surface area contributed by atoms with Crippen molar-refractivity contribution in [3.05, 3.63) is 29.8 Å². The molecule has 1 aromatic carbocycles. The van der Waals surface area contributed by atoms with Gasteiger partial charge in [-0.1, -0.05) is 19.1 Å². The highest BCUT2D eigenvalue weighted by molar-refractivity contribution is 7.88. The number of benzene rings is 1. The van der Waals surface area contributed by atoms with Crippen molar-refractivity contribution in [3.63, 3.8) is 0 Å². The summed E-state index contributed by atoms with van der Waals surface area (Å²) in [5.41, 5.74) is 7.04.